The molecule has 0 saturated heterocycles. The van der Waals surface area contributed by atoms with Gasteiger partial charge in [0.1, 0.15) is 5.84 Å². The van der Waals surface area contributed by atoms with E-state index in [0.717, 1.165) is 10.2 Å². The van der Waals surface area contributed by atoms with Crippen molar-refractivity contribution in [2.45, 2.75) is 31.7 Å². The van der Waals surface area contributed by atoms with Gasteiger partial charge in [-0.25, -0.2) is 5.10 Å². The fourth-order valence-electron chi connectivity index (χ4n) is 2.96. The van der Waals surface area contributed by atoms with Gasteiger partial charge in [0.05, 0.1) is 18.6 Å². The molecule has 0 saturated carbocycles. The zero-order valence-electron chi connectivity index (χ0n) is 14.6. The van der Waals surface area contributed by atoms with E-state index < -0.39 is 24.3 Å². The Morgan fingerprint density at radius 3 is 2.64 bits per heavy atom. The molecule has 0 bridgehead atoms. The van der Waals surface area contributed by atoms with E-state index in [1.807, 2.05) is 6.92 Å². The fourth-order valence-corrected chi connectivity index (χ4v) is 2.96. The SMILES string of the molecule is Cc1ccc(C2=NN(C3=NN=C(N)Cc4nc[nH][n+]43)[C@](O)(C(F)(F)F)C2)cc1. The number of benzene rings is 1. The van der Waals surface area contributed by atoms with Crippen LogP contribution in [0.4, 0.5) is 13.2 Å². The zero-order chi connectivity index (χ0) is 20.1. The third-order valence-electron chi connectivity index (χ3n) is 4.48. The Morgan fingerprint density at radius 2 is 1.96 bits per heavy atom. The molecule has 0 unspecified atom stereocenters. The molecule has 2 aliphatic heterocycles. The Bertz CT molecular complexity index is 1010. The van der Waals surface area contributed by atoms with Crippen LogP contribution in [0.3, 0.4) is 0 Å². The second-order valence-corrected chi connectivity index (χ2v) is 6.52. The van der Waals surface area contributed by atoms with Crippen LogP contribution < -0.4 is 10.4 Å². The van der Waals surface area contributed by atoms with Crippen molar-refractivity contribution in [1.82, 2.24) is 15.1 Å². The van der Waals surface area contributed by atoms with E-state index in [9.17, 15) is 18.3 Å². The Hall–Kier alpha value is -3.28. The first-order chi connectivity index (χ1) is 13.2. The Balaban J connectivity index is 1.85. The number of nitrogens with two attached hydrogens (primary N) is 1. The normalized spacial score (nSPS) is 22.3. The first-order valence-electron chi connectivity index (χ1n) is 8.27. The van der Waals surface area contributed by atoms with Crippen molar-refractivity contribution >= 4 is 17.5 Å². The Morgan fingerprint density at radius 1 is 1.25 bits per heavy atom. The van der Waals surface area contributed by atoms with Crippen molar-refractivity contribution in [3.8, 4) is 0 Å². The molecule has 2 aromatic rings. The van der Waals surface area contributed by atoms with Gasteiger partial charge in [0.25, 0.3) is 0 Å². The number of nitrogens with one attached hydrogen (secondary N) is 1. The number of nitrogens with zero attached hydrogens (tertiary/aromatic N) is 6. The van der Waals surface area contributed by atoms with E-state index in [2.05, 4.69) is 25.4 Å². The maximum atomic E-state index is 13.9. The number of aromatic amines is 1. The smallest absolute Gasteiger partial charge is 0.384 e. The molecular weight excluding hydrogens is 377 g/mol. The van der Waals surface area contributed by atoms with Gasteiger partial charge < -0.3 is 10.8 Å². The van der Waals surface area contributed by atoms with Crippen LogP contribution in [0.1, 0.15) is 23.4 Å². The molecule has 1 aromatic heterocycles. The summed E-state index contributed by atoms with van der Waals surface area (Å²) < 4.78 is 42.8. The maximum Gasteiger partial charge on any atom is 0.450 e. The third kappa shape index (κ3) is 2.81. The first-order valence-corrected chi connectivity index (χ1v) is 8.27. The van der Waals surface area contributed by atoms with Crippen LogP contribution in [0.2, 0.25) is 0 Å². The lowest BCUT2D eigenvalue weighted by Crippen LogP contribution is -2.65. The topological polar surface area (TPSA) is 119 Å². The highest BCUT2D eigenvalue weighted by atomic mass is 19.4. The lowest BCUT2D eigenvalue weighted by Gasteiger charge is -2.29. The monoisotopic (exact) mass is 393 g/mol. The number of aryl methyl sites for hydroxylation is 1. The number of hydrazone groups is 1. The number of hydrogen-bond donors (Lipinski definition) is 3. The van der Waals surface area contributed by atoms with Crippen LogP contribution in [0.15, 0.2) is 45.9 Å². The third-order valence-corrected chi connectivity index (χ3v) is 4.48. The van der Waals surface area contributed by atoms with Crippen molar-refractivity contribution < 1.29 is 23.0 Å². The van der Waals surface area contributed by atoms with Gasteiger partial charge in [-0.2, -0.15) is 13.2 Å². The van der Waals surface area contributed by atoms with Crippen LogP contribution in [0.25, 0.3) is 0 Å². The molecule has 0 spiro atoms. The molecule has 0 radical (unpaired) electrons. The number of aliphatic hydroxyl groups is 1. The van der Waals surface area contributed by atoms with Crippen molar-refractivity contribution in [2.75, 3.05) is 0 Å². The highest BCUT2D eigenvalue weighted by Gasteiger charge is 2.66. The average molecular weight is 393 g/mol. The molecule has 12 heteroatoms. The summed E-state index contributed by atoms with van der Waals surface area (Å²) >= 11 is 0. The van der Waals surface area contributed by atoms with E-state index in [4.69, 9.17) is 5.73 Å². The predicted molar refractivity (Wildman–Crippen MR) is 92.1 cm³/mol. The van der Waals surface area contributed by atoms with Gasteiger partial charge >= 0.3 is 17.9 Å². The van der Waals surface area contributed by atoms with Crippen LogP contribution in [0.5, 0.6) is 0 Å². The number of aromatic nitrogens is 3. The van der Waals surface area contributed by atoms with Crippen LogP contribution >= 0.6 is 0 Å². The van der Waals surface area contributed by atoms with Gasteiger partial charge in [-0.15, -0.1) is 19.8 Å². The van der Waals surface area contributed by atoms with Gasteiger partial charge in [0.2, 0.25) is 5.82 Å². The number of hydrogen-bond acceptors (Lipinski definition) is 7. The summed E-state index contributed by atoms with van der Waals surface area (Å²) in [6.45, 7) is 1.86. The summed E-state index contributed by atoms with van der Waals surface area (Å²) in [5, 5.41) is 25.2. The van der Waals surface area contributed by atoms with E-state index >= 15 is 0 Å². The summed E-state index contributed by atoms with van der Waals surface area (Å²) in [5.41, 5.74) is 3.85. The molecule has 4 N–H and O–H groups in total. The lowest BCUT2D eigenvalue weighted by atomic mass is 10.0. The summed E-state index contributed by atoms with van der Waals surface area (Å²) in [6, 6.07) is 6.80. The number of fused-ring (bicyclic) bond motifs is 1. The predicted octanol–water partition coefficient (Wildman–Crippen LogP) is 0.399. The van der Waals surface area contributed by atoms with Gasteiger partial charge in [-0.1, -0.05) is 34.9 Å². The van der Waals surface area contributed by atoms with E-state index in [0.29, 0.717) is 10.6 Å². The quantitative estimate of drug-likeness (QED) is 0.608. The zero-order valence-corrected chi connectivity index (χ0v) is 14.6. The second kappa shape index (κ2) is 6.12. The molecular formula is C16H16F3N8O+. The van der Waals surface area contributed by atoms with Crippen LogP contribution in [-0.2, 0) is 6.42 Å². The first kappa shape index (κ1) is 18.1. The minimum atomic E-state index is -5.02. The number of rotatable bonds is 1. The Labute approximate surface area is 156 Å². The summed E-state index contributed by atoms with van der Waals surface area (Å²) in [5.74, 6) is -0.0516. The maximum absolute atomic E-state index is 13.9. The van der Waals surface area contributed by atoms with Gasteiger partial charge in [0, 0.05) is 5.10 Å². The number of alkyl halides is 3. The van der Waals surface area contributed by atoms with Gasteiger partial charge in [-0.05, 0) is 12.5 Å². The molecule has 0 aliphatic carbocycles. The molecule has 146 valence electrons. The molecule has 4 rings (SSSR count). The standard InChI is InChI=1S/C16H15F3N8O/c1-9-2-4-10(5-3-9)11-7-15(28,16(17,18)19)27(25-11)14-24-23-12(20)6-13-21-8-22-26(13)14/h2-5,8,28H,6-7H2,1H3,(H2,20,23)/p+1/t15-/m1/s1. The summed E-state index contributed by atoms with van der Waals surface area (Å²) in [7, 11) is 0. The van der Waals surface area contributed by atoms with E-state index in [1.165, 1.54) is 6.33 Å². The highest BCUT2D eigenvalue weighted by Crippen LogP contribution is 2.41. The number of H-pyrrole nitrogens is 1. The molecule has 0 amide bonds. The molecule has 9 nitrogen and oxygen atoms in total. The van der Waals surface area contributed by atoms with E-state index in [1.54, 1.807) is 24.3 Å². The van der Waals surface area contributed by atoms with Crippen molar-refractivity contribution in [2.24, 2.45) is 21.0 Å². The summed E-state index contributed by atoms with van der Waals surface area (Å²) in [4.78, 5) is 4.01. The fraction of sp³-hybridized carbons (Fsp3) is 0.312. The van der Waals surface area contributed by atoms with Crippen LogP contribution in [0, 0.1) is 6.92 Å². The largest absolute Gasteiger partial charge is 0.450 e. The molecule has 2 aliphatic rings. The van der Waals surface area contributed by atoms with Gasteiger partial charge in [0.15, 0.2) is 6.33 Å². The molecule has 1 atom stereocenters. The highest BCUT2D eigenvalue weighted by molar-refractivity contribution is 6.03. The minimum absolute atomic E-state index is 0.0605. The van der Waals surface area contributed by atoms with Crippen LogP contribution in [-0.4, -0.2) is 49.6 Å². The summed E-state index contributed by atoms with van der Waals surface area (Å²) in [6.07, 6.45) is -4.45. The minimum Gasteiger partial charge on any atom is -0.384 e. The van der Waals surface area contributed by atoms with Crippen molar-refractivity contribution in [1.29, 1.82) is 0 Å². The number of amidine groups is 1. The molecule has 0 fully saturated rings. The van der Waals surface area contributed by atoms with Crippen molar-refractivity contribution in [3.63, 3.8) is 0 Å². The van der Waals surface area contributed by atoms with E-state index in [-0.39, 0.29) is 23.8 Å². The number of halogens is 3. The van der Waals surface area contributed by atoms with Crippen molar-refractivity contribution in [3.05, 3.63) is 47.5 Å². The van der Waals surface area contributed by atoms with Gasteiger partial charge in [-0.3, -0.25) is 0 Å². The molecule has 28 heavy (non-hydrogen) atoms. The molecule has 3 heterocycles. The Kier molecular flexibility index (Phi) is 3.96. The lowest BCUT2D eigenvalue weighted by molar-refractivity contribution is -0.637. The molecule has 1 aromatic carbocycles. The average Bonchev–Trinajstić information content (AvgIpc) is 3.18. The second-order valence-electron chi connectivity index (χ2n) is 6.52.